The number of nitrogens with zero attached hydrogens (tertiary/aromatic N) is 2. The summed E-state index contributed by atoms with van der Waals surface area (Å²) in [4.78, 5) is 14.1. The minimum atomic E-state index is -0.177. The highest BCUT2D eigenvalue weighted by Crippen LogP contribution is 2.32. The molecule has 1 aliphatic heterocycles. The summed E-state index contributed by atoms with van der Waals surface area (Å²) in [5.74, 6) is 1.37. The van der Waals surface area contributed by atoms with Crippen molar-refractivity contribution in [3.8, 4) is 11.5 Å². The smallest absolute Gasteiger partial charge is 0.321 e. The molecular weight excluding hydrogens is 320 g/mol. The minimum absolute atomic E-state index is 0.177. The third kappa shape index (κ3) is 3.26. The average molecular weight is 342 g/mol. The van der Waals surface area contributed by atoms with Crippen molar-refractivity contribution < 1.29 is 14.3 Å². The van der Waals surface area contributed by atoms with Crippen LogP contribution in [0.4, 0.5) is 10.5 Å². The standard InChI is InChI=1S/C18H22N4O3/c1-22(11-15-13-4-2-3-5-14(13)20-21-15)18(23)19-12-6-7-16-17(10-12)25-9-8-24-16/h6-7,10H,2-5,8-9,11H2,1H3,(H,19,23)(H,20,21). The third-order valence-corrected chi connectivity index (χ3v) is 4.67. The number of benzene rings is 1. The minimum Gasteiger partial charge on any atom is -0.486 e. The SMILES string of the molecule is CN(Cc1n[nH]c2c1CCCC2)C(=O)Nc1ccc2c(c1)OCCO2. The number of anilines is 1. The van der Waals surface area contributed by atoms with Gasteiger partial charge in [0, 0.05) is 24.5 Å². The van der Waals surface area contributed by atoms with Crippen LogP contribution < -0.4 is 14.8 Å². The fraction of sp³-hybridized carbons (Fsp3) is 0.444. The summed E-state index contributed by atoms with van der Waals surface area (Å²) in [5, 5.41) is 10.4. The number of fused-ring (bicyclic) bond motifs is 2. The lowest BCUT2D eigenvalue weighted by Crippen LogP contribution is -2.31. The van der Waals surface area contributed by atoms with Crippen LogP contribution in [-0.4, -0.2) is 41.4 Å². The Morgan fingerprint density at radius 3 is 2.92 bits per heavy atom. The Morgan fingerprint density at radius 2 is 2.04 bits per heavy atom. The zero-order chi connectivity index (χ0) is 17.2. The van der Waals surface area contributed by atoms with Gasteiger partial charge in [-0.25, -0.2) is 4.79 Å². The molecule has 1 aromatic heterocycles. The van der Waals surface area contributed by atoms with Gasteiger partial charge in [-0.15, -0.1) is 0 Å². The van der Waals surface area contributed by atoms with E-state index in [9.17, 15) is 4.79 Å². The fourth-order valence-electron chi connectivity index (χ4n) is 3.32. The number of aromatic nitrogens is 2. The summed E-state index contributed by atoms with van der Waals surface area (Å²) < 4.78 is 11.0. The van der Waals surface area contributed by atoms with Gasteiger partial charge < -0.3 is 19.7 Å². The third-order valence-electron chi connectivity index (χ3n) is 4.67. The number of aryl methyl sites for hydroxylation is 1. The van der Waals surface area contributed by atoms with Gasteiger partial charge in [0.25, 0.3) is 0 Å². The van der Waals surface area contributed by atoms with Gasteiger partial charge in [-0.2, -0.15) is 5.10 Å². The summed E-state index contributed by atoms with van der Waals surface area (Å²) in [6.45, 7) is 1.56. The number of rotatable bonds is 3. The molecule has 0 saturated heterocycles. The maximum atomic E-state index is 12.5. The van der Waals surface area contributed by atoms with E-state index in [1.165, 1.54) is 24.1 Å². The molecule has 0 saturated carbocycles. The van der Waals surface area contributed by atoms with Crippen LogP contribution in [0.5, 0.6) is 11.5 Å². The molecule has 7 nitrogen and oxygen atoms in total. The Balaban J connectivity index is 1.41. The number of carbonyl (C=O) groups excluding carboxylic acids is 1. The Kier molecular flexibility index (Phi) is 4.21. The Morgan fingerprint density at radius 1 is 1.24 bits per heavy atom. The van der Waals surface area contributed by atoms with Crippen LogP contribution >= 0.6 is 0 Å². The number of urea groups is 1. The Labute approximate surface area is 146 Å². The molecular formula is C18H22N4O3. The van der Waals surface area contributed by atoms with E-state index >= 15 is 0 Å². The van der Waals surface area contributed by atoms with Crippen LogP contribution in [0.2, 0.25) is 0 Å². The van der Waals surface area contributed by atoms with Crippen molar-refractivity contribution in [1.82, 2.24) is 15.1 Å². The first-order valence-electron chi connectivity index (χ1n) is 8.67. The molecule has 0 bridgehead atoms. The first-order valence-corrected chi connectivity index (χ1v) is 8.67. The van der Waals surface area contributed by atoms with Gasteiger partial charge in [-0.1, -0.05) is 0 Å². The summed E-state index contributed by atoms with van der Waals surface area (Å²) >= 11 is 0. The molecule has 2 amide bonds. The van der Waals surface area contributed by atoms with E-state index in [1.54, 1.807) is 18.0 Å². The maximum Gasteiger partial charge on any atom is 0.321 e. The van der Waals surface area contributed by atoms with E-state index in [-0.39, 0.29) is 6.03 Å². The first-order chi connectivity index (χ1) is 12.2. The molecule has 25 heavy (non-hydrogen) atoms. The lowest BCUT2D eigenvalue weighted by atomic mass is 9.96. The maximum absolute atomic E-state index is 12.5. The molecule has 132 valence electrons. The predicted octanol–water partition coefficient (Wildman–Crippen LogP) is 2.72. The van der Waals surface area contributed by atoms with Crippen molar-refractivity contribution in [3.63, 3.8) is 0 Å². The molecule has 0 fully saturated rings. The van der Waals surface area contributed by atoms with E-state index in [2.05, 4.69) is 15.5 Å². The van der Waals surface area contributed by atoms with E-state index in [0.717, 1.165) is 18.5 Å². The molecule has 2 N–H and O–H groups in total. The zero-order valence-corrected chi connectivity index (χ0v) is 14.3. The largest absolute Gasteiger partial charge is 0.486 e. The number of H-pyrrole nitrogens is 1. The van der Waals surface area contributed by atoms with E-state index in [4.69, 9.17) is 9.47 Å². The van der Waals surface area contributed by atoms with E-state index < -0.39 is 0 Å². The van der Waals surface area contributed by atoms with Crippen molar-refractivity contribution in [2.24, 2.45) is 0 Å². The monoisotopic (exact) mass is 342 g/mol. The van der Waals surface area contributed by atoms with Gasteiger partial charge >= 0.3 is 6.03 Å². The Bertz CT molecular complexity index is 787. The van der Waals surface area contributed by atoms with Crippen molar-refractivity contribution in [2.45, 2.75) is 32.2 Å². The number of nitrogens with one attached hydrogen (secondary N) is 2. The van der Waals surface area contributed by atoms with Crippen LogP contribution in [0, 0.1) is 0 Å². The van der Waals surface area contributed by atoms with Crippen molar-refractivity contribution >= 4 is 11.7 Å². The van der Waals surface area contributed by atoms with Gasteiger partial charge in [0.1, 0.15) is 13.2 Å². The van der Waals surface area contributed by atoms with Gasteiger partial charge in [-0.3, -0.25) is 5.10 Å². The topological polar surface area (TPSA) is 79.5 Å². The highest BCUT2D eigenvalue weighted by atomic mass is 16.6. The van der Waals surface area contributed by atoms with Crippen LogP contribution in [0.3, 0.4) is 0 Å². The number of hydrogen-bond acceptors (Lipinski definition) is 4. The van der Waals surface area contributed by atoms with Crippen molar-refractivity contribution in [1.29, 1.82) is 0 Å². The van der Waals surface area contributed by atoms with E-state index in [1.807, 2.05) is 12.1 Å². The van der Waals surface area contributed by atoms with Crippen molar-refractivity contribution in [3.05, 3.63) is 35.2 Å². The average Bonchev–Trinajstić information content (AvgIpc) is 3.04. The quantitative estimate of drug-likeness (QED) is 0.899. The van der Waals surface area contributed by atoms with Gasteiger partial charge in [-0.05, 0) is 43.4 Å². The molecule has 0 radical (unpaired) electrons. The molecule has 0 spiro atoms. The van der Waals surface area contributed by atoms with E-state index in [0.29, 0.717) is 36.9 Å². The summed E-state index contributed by atoms with van der Waals surface area (Å²) in [5.41, 5.74) is 4.16. The molecule has 7 heteroatoms. The summed E-state index contributed by atoms with van der Waals surface area (Å²) in [6, 6.07) is 5.24. The van der Waals surface area contributed by atoms with Gasteiger partial charge in [0.05, 0.1) is 12.2 Å². The molecule has 2 aromatic rings. The highest BCUT2D eigenvalue weighted by molar-refractivity contribution is 5.89. The van der Waals surface area contributed by atoms with Crippen molar-refractivity contribution in [2.75, 3.05) is 25.6 Å². The zero-order valence-electron chi connectivity index (χ0n) is 14.3. The first kappa shape index (κ1) is 15.8. The normalized spacial score (nSPS) is 15.4. The molecule has 1 aromatic carbocycles. The second-order valence-electron chi connectivity index (χ2n) is 6.48. The molecule has 2 heterocycles. The Hall–Kier alpha value is -2.70. The van der Waals surface area contributed by atoms with Crippen LogP contribution in [0.1, 0.15) is 29.8 Å². The molecule has 0 unspecified atom stereocenters. The summed E-state index contributed by atoms with van der Waals surface area (Å²) in [6.07, 6.45) is 4.48. The molecule has 1 aliphatic carbocycles. The number of aromatic amines is 1. The number of ether oxygens (including phenoxy) is 2. The predicted molar refractivity (Wildman–Crippen MR) is 93.1 cm³/mol. The number of amides is 2. The van der Waals surface area contributed by atoms with Crippen LogP contribution in [0.25, 0.3) is 0 Å². The second-order valence-corrected chi connectivity index (χ2v) is 6.48. The summed E-state index contributed by atoms with van der Waals surface area (Å²) in [7, 11) is 1.78. The fourth-order valence-corrected chi connectivity index (χ4v) is 3.32. The molecule has 4 rings (SSSR count). The lowest BCUT2D eigenvalue weighted by Gasteiger charge is -2.21. The molecule has 2 aliphatic rings. The van der Waals surface area contributed by atoms with Crippen LogP contribution in [-0.2, 0) is 19.4 Å². The number of hydrogen-bond donors (Lipinski definition) is 2. The van der Waals surface area contributed by atoms with Gasteiger partial charge in [0.2, 0.25) is 0 Å². The highest BCUT2D eigenvalue weighted by Gasteiger charge is 2.20. The molecule has 0 atom stereocenters. The second kappa shape index (κ2) is 6.66. The van der Waals surface area contributed by atoms with Crippen LogP contribution in [0.15, 0.2) is 18.2 Å². The number of carbonyl (C=O) groups is 1. The van der Waals surface area contributed by atoms with Gasteiger partial charge in [0.15, 0.2) is 11.5 Å². The lowest BCUT2D eigenvalue weighted by molar-refractivity contribution is 0.171.